The predicted molar refractivity (Wildman–Crippen MR) is 94.9 cm³/mol. The van der Waals surface area contributed by atoms with Crippen molar-refractivity contribution in [3.05, 3.63) is 33.7 Å². The Kier molecular flexibility index (Phi) is 6.15. The number of aryl methyl sites for hydroxylation is 1. The lowest BCUT2D eigenvalue weighted by Gasteiger charge is -2.33. The van der Waals surface area contributed by atoms with Crippen LogP contribution in [-0.4, -0.2) is 52.0 Å². The van der Waals surface area contributed by atoms with Gasteiger partial charge < -0.3 is 9.64 Å². The molecule has 0 aliphatic carbocycles. The number of carbonyl (C=O) groups excluding carboxylic acids is 2. The van der Waals surface area contributed by atoms with Gasteiger partial charge in [0.05, 0.1) is 17.8 Å². The number of Topliss-reactive ketones (excluding diaryl/α,β-unsaturated/α-hetero) is 1. The first-order valence-electron chi connectivity index (χ1n) is 8.57. The van der Waals surface area contributed by atoms with Crippen LogP contribution >= 0.6 is 0 Å². The fraction of sp³-hybridized carbons (Fsp3) is 0.647. The van der Waals surface area contributed by atoms with Crippen LogP contribution in [0.5, 0.6) is 0 Å². The zero-order valence-corrected chi connectivity index (χ0v) is 15.6. The van der Waals surface area contributed by atoms with E-state index >= 15 is 0 Å². The second-order valence-electron chi connectivity index (χ2n) is 7.27. The van der Waals surface area contributed by atoms with E-state index in [-0.39, 0.29) is 24.3 Å². The normalized spacial score (nSPS) is 15.3. The van der Waals surface area contributed by atoms with E-state index in [4.69, 9.17) is 10.3 Å². The maximum absolute atomic E-state index is 12.3. The first-order valence-corrected chi connectivity index (χ1v) is 8.57. The summed E-state index contributed by atoms with van der Waals surface area (Å²) in [7, 11) is 0. The van der Waals surface area contributed by atoms with Gasteiger partial charge in [-0.05, 0) is 46.1 Å². The molecule has 1 saturated heterocycles. The van der Waals surface area contributed by atoms with Gasteiger partial charge in [-0.15, -0.1) is 0 Å². The summed E-state index contributed by atoms with van der Waals surface area (Å²) in [6, 6.07) is 0. The minimum atomic E-state index is -0.529. The topological polar surface area (TPSA) is 121 Å². The SMILES string of the molecule is Cc1ncc(C(=O)CN=[N+]=[N-])c(C2CCN(C(=O)OC(C)(C)C)CC2)n1. The maximum Gasteiger partial charge on any atom is 0.410 e. The quantitative estimate of drug-likeness (QED) is 0.352. The van der Waals surface area contributed by atoms with Gasteiger partial charge in [0.15, 0.2) is 5.78 Å². The number of hydrogen-bond acceptors (Lipinski definition) is 6. The summed E-state index contributed by atoms with van der Waals surface area (Å²) in [5, 5.41) is 3.33. The first-order chi connectivity index (χ1) is 12.2. The van der Waals surface area contributed by atoms with Gasteiger partial charge >= 0.3 is 6.09 Å². The number of ketones is 1. The van der Waals surface area contributed by atoms with Gasteiger partial charge in [-0.1, -0.05) is 5.11 Å². The Morgan fingerprint density at radius 3 is 2.62 bits per heavy atom. The highest BCUT2D eigenvalue weighted by Gasteiger charge is 2.30. The van der Waals surface area contributed by atoms with Gasteiger partial charge in [0.1, 0.15) is 11.4 Å². The number of carbonyl (C=O) groups is 2. The Labute approximate surface area is 152 Å². The molecule has 0 N–H and O–H groups in total. The number of hydrogen-bond donors (Lipinski definition) is 0. The van der Waals surface area contributed by atoms with E-state index in [9.17, 15) is 9.59 Å². The minimum absolute atomic E-state index is 0.0420. The van der Waals surface area contributed by atoms with Crippen molar-refractivity contribution in [2.75, 3.05) is 19.6 Å². The average Bonchev–Trinajstić information content (AvgIpc) is 2.58. The van der Waals surface area contributed by atoms with E-state index in [0.29, 0.717) is 43.0 Å². The smallest absolute Gasteiger partial charge is 0.410 e. The lowest BCUT2D eigenvalue weighted by atomic mass is 9.90. The van der Waals surface area contributed by atoms with Crippen LogP contribution in [-0.2, 0) is 4.74 Å². The van der Waals surface area contributed by atoms with Crippen molar-refractivity contribution in [2.45, 2.75) is 52.1 Å². The Hall–Kier alpha value is -2.67. The number of azide groups is 1. The largest absolute Gasteiger partial charge is 0.444 e. The van der Waals surface area contributed by atoms with E-state index < -0.39 is 5.60 Å². The Morgan fingerprint density at radius 1 is 1.38 bits per heavy atom. The van der Waals surface area contributed by atoms with Crippen LogP contribution in [0.2, 0.25) is 0 Å². The third-order valence-corrected chi connectivity index (χ3v) is 4.05. The summed E-state index contributed by atoms with van der Waals surface area (Å²) in [5.41, 5.74) is 8.94. The van der Waals surface area contributed by atoms with E-state index in [0.717, 1.165) is 0 Å². The van der Waals surface area contributed by atoms with Gasteiger partial charge in [-0.2, -0.15) is 0 Å². The van der Waals surface area contributed by atoms with E-state index in [2.05, 4.69) is 20.0 Å². The summed E-state index contributed by atoms with van der Waals surface area (Å²) >= 11 is 0. The van der Waals surface area contributed by atoms with E-state index in [1.54, 1.807) is 11.8 Å². The van der Waals surface area contributed by atoms with Crippen molar-refractivity contribution in [1.29, 1.82) is 0 Å². The first kappa shape index (κ1) is 19.7. The molecule has 0 aromatic carbocycles. The maximum atomic E-state index is 12.3. The second-order valence-corrected chi connectivity index (χ2v) is 7.27. The summed E-state index contributed by atoms with van der Waals surface area (Å²) < 4.78 is 5.40. The molecule has 9 nitrogen and oxygen atoms in total. The molecule has 1 amide bonds. The Morgan fingerprint density at radius 2 is 2.04 bits per heavy atom. The van der Waals surface area contributed by atoms with Crippen LogP contribution in [0.4, 0.5) is 4.79 Å². The molecule has 9 heteroatoms. The number of amides is 1. The van der Waals surface area contributed by atoms with Crippen molar-refractivity contribution in [1.82, 2.24) is 14.9 Å². The molecule has 0 saturated carbocycles. The highest BCUT2D eigenvalue weighted by atomic mass is 16.6. The number of ether oxygens (including phenoxy) is 1. The van der Waals surface area contributed by atoms with Crippen LogP contribution in [0, 0.1) is 6.92 Å². The van der Waals surface area contributed by atoms with Crippen molar-refractivity contribution in [2.24, 2.45) is 5.11 Å². The Bertz CT molecular complexity index is 729. The molecule has 1 aromatic rings. The third kappa shape index (κ3) is 5.16. The molecular weight excluding hydrogens is 336 g/mol. The fourth-order valence-electron chi connectivity index (χ4n) is 2.86. The second kappa shape index (κ2) is 8.14. The molecule has 26 heavy (non-hydrogen) atoms. The standard InChI is InChI=1S/C17H24N6O3/c1-11-19-9-13(14(24)10-20-22-18)15(21-11)12-5-7-23(8-6-12)16(25)26-17(2,3)4/h9,12H,5-8,10H2,1-4H3. The van der Waals surface area contributed by atoms with Gasteiger partial charge in [0.2, 0.25) is 0 Å². The van der Waals surface area contributed by atoms with Crippen molar-refractivity contribution >= 4 is 11.9 Å². The molecule has 0 spiro atoms. The third-order valence-electron chi connectivity index (χ3n) is 4.05. The number of aromatic nitrogens is 2. The summed E-state index contributed by atoms with van der Waals surface area (Å²) in [4.78, 5) is 37.3. The lowest BCUT2D eigenvalue weighted by Crippen LogP contribution is -2.41. The van der Waals surface area contributed by atoms with E-state index in [1.165, 1.54) is 6.20 Å². The molecule has 0 radical (unpaired) electrons. The van der Waals surface area contributed by atoms with Gasteiger partial charge in [-0.3, -0.25) is 4.79 Å². The van der Waals surface area contributed by atoms with Crippen LogP contribution in [0.25, 0.3) is 10.4 Å². The number of piperidine rings is 1. The van der Waals surface area contributed by atoms with Gasteiger partial charge in [0, 0.05) is 30.1 Å². The number of likely N-dealkylation sites (tertiary alicyclic amines) is 1. The summed E-state index contributed by atoms with van der Waals surface area (Å²) in [5.74, 6) is 0.322. The Balaban J connectivity index is 2.11. The van der Waals surface area contributed by atoms with Crippen molar-refractivity contribution < 1.29 is 14.3 Å². The molecule has 2 heterocycles. The molecule has 1 aliphatic rings. The monoisotopic (exact) mass is 360 g/mol. The highest BCUT2D eigenvalue weighted by Crippen LogP contribution is 2.30. The molecule has 1 fully saturated rings. The molecule has 1 aliphatic heterocycles. The molecule has 140 valence electrons. The van der Waals surface area contributed by atoms with Crippen LogP contribution < -0.4 is 0 Å². The molecule has 2 rings (SSSR count). The molecule has 1 aromatic heterocycles. The molecular formula is C17H24N6O3. The zero-order valence-electron chi connectivity index (χ0n) is 15.6. The molecule has 0 bridgehead atoms. The fourth-order valence-corrected chi connectivity index (χ4v) is 2.86. The number of rotatable bonds is 4. The van der Waals surface area contributed by atoms with Crippen molar-refractivity contribution in [3.63, 3.8) is 0 Å². The van der Waals surface area contributed by atoms with Crippen LogP contribution in [0.1, 0.15) is 61.4 Å². The minimum Gasteiger partial charge on any atom is -0.444 e. The number of nitrogens with zero attached hydrogens (tertiary/aromatic N) is 6. The average molecular weight is 360 g/mol. The van der Waals surface area contributed by atoms with Gasteiger partial charge in [-0.25, -0.2) is 14.8 Å². The highest BCUT2D eigenvalue weighted by molar-refractivity contribution is 5.98. The van der Waals surface area contributed by atoms with Crippen molar-refractivity contribution in [3.8, 4) is 0 Å². The van der Waals surface area contributed by atoms with E-state index in [1.807, 2.05) is 20.8 Å². The van der Waals surface area contributed by atoms with Crippen LogP contribution in [0.3, 0.4) is 0 Å². The lowest BCUT2D eigenvalue weighted by molar-refractivity contribution is 0.0203. The summed E-state index contributed by atoms with van der Waals surface area (Å²) in [6.07, 6.45) is 2.52. The van der Waals surface area contributed by atoms with Gasteiger partial charge in [0.25, 0.3) is 0 Å². The molecule has 0 unspecified atom stereocenters. The summed E-state index contributed by atoms with van der Waals surface area (Å²) in [6.45, 7) is 8.09. The zero-order chi connectivity index (χ0) is 19.3. The molecule has 0 atom stereocenters. The predicted octanol–water partition coefficient (Wildman–Crippen LogP) is 3.39. The van der Waals surface area contributed by atoms with Crippen LogP contribution in [0.15, 0.2) is 11.3 Å².